The SMILES string of the molecule is O=CC(CBr)c1cccc(C(F)(F)F)c1. The number of rotatable bonds is 3. The molecule has 0 saturated carbocycles. The summed E-state index contributed by atoms with van der Waals surface area (Å²) in [5, 5.41) is 0.317. The Morgan fingerprint density at radius 2 is 2.07 bits per heavy atom. The van der Waals surface area contributed by atoms with Crippen molar-refractivity contribution in [2.24, 2.45) is 0 Å². The second-order valence-electron chi connectivity index (χ2n) is 3.02. The molecule has 82 valence electrons. The third-order valence-corrected chi connectivity index (χ3v) is 2.67. The molecule has 0 spiro atoms. The molecule has 1 atom stereocenters. The molecule has 0 saturated heterocycles. The van der Waals surface area contributed by atoms with Gasteiger partial charge in [0.2, 0.25) is 0 Å². The van der Waals surface area contributed by atoms with E-state index in [-0.39, 0.29) is 0 Å². The van der Waals surface area contributed by atoms with Crippen LogP contribution in [-0.2, 0) is 11.0 Å². The Morgan fingerprint density at radius 1 is 1.40 bits per heavy atom. The van der Waals surface area contributed by atoms with Gasteiger partial charge in [0.1, 0.15) is 6.29 Å². The average molecular weight is 281 g/mol. The van der Waals surface area contributed by atoms with Gasteiger partial charge in [0.15, 0.2) is 0 Å². The minimum atomic E-state index is -4.37. The van der Waals surface area contributed by atoms with Gasteiger partial charge in [0.25, 0.3) is 0 Å². The van der Waals surface area contributed by atoms with E-state index in [9.17, 15) is 18.0 Å². The molecule has 0 N–H and O–H groups in total. The van der Waals surface area contributed by atoms with E-state index < -0.39 is 17.7 Å². The van der Waals surface area contributed by atoms with Gasteiger partial charge in [-0.3, -0.25) is 0 Å². The Bertz CT molecular complexity index is 349. The molecule has 0 fully saturated rings. The maximum Gasteiger partial charge on any atom is 0.416 e. The second kappa shape index (κ2) is 4.79. The summed E-state index contributed by atoms with van der Waals surface area (Å²) in [6.45, 7) is 0. The number of benzene rings is 1. The van der Waals surface area contributed by atoms with E-state index in [4.69, 9.17) is 0 Å². The van der Waals surface area contributed by atoms with Gasteiger partial charge >= 0.3 is 6.18 Å². The molecule has 0 radical (unpaired) electrons. The highest BCUT2D eigenvalue weighted by atomic mass is 79.9. The summed E-state index contributed by atoms with van der Waals surface area (Å²) in [6.07, 6.45) is -3.74. The first-order valence-corrected chi connectivity index (χ1v) is 5.29. The van der Waals surface area contributed by atoms with Gasteiger partial charge in [-0.15, -0.1) is 0 Å². The van der Waals surface area contributed by atoms with Crippen molar-refractivity contribution in [1.29, 1.82) is 0 Å². The second-order valence-corrected chi connectivity index (χ2v) is 3.67. The molecule has 0 aliphatic carbocycles. The van der Waals surface area contributed by atoms with E-state index in [0.717, 1.165) is 12.1 Å². The summed E-state index contributed by atoms with van der Waals surface area (Å²) < 4.78 is 37.0. The number of hydrogen-bond acceptors (Lipinski definition) is 1. The molecule has 0 aliphatic heterocycles. The van der Waals surface area contributed by atoms with Crippen LogP contribution >= 0.6 is 15.9 Å². The first-order valence-electron chi connectivity index (χ1n) is 4.17. The molecular formula is C10H8BrF3O. The standard InChI is InChI=1S/C10H8BrF3O/c11-5-8(6-15)7-2-1-3-9(4-7)10(12,13)14/h1-4,6,8H,5H2. The highest BCUT2D eigenvalue weighted by Crippen LogP contribution is 2.31. The van der Waals surface area contributed by atoms with Crippen molar-refractivity contribution in [3.63, 3.8) is 0 Å². The van der Waals surface area contributed by atoms with E-state index in [2.05, 4.69) is 15.9 Å². The molecule has 5 heteroatoms. The topological polar surface area (TPSA) is 17.1 Å². The number of carbonyl (C=O) groups is 1. The van der Waals surface area contributed by atoms with Crippen molar-refractivity contribution in [2.45, 2.75) is 12.1 Å². The van der Waals surface area contributed by atoms with Crippen LogP contribution in [-0.4, -0.2) is 11.6 Å². The highest BCUT2D eigenvalue weighted by molar-refractivity contribution is 9.09. The van der Waals surface area contributed by atoms with Gasteiger partial charge in [-0.25, -0.2) is 0 Å². The lowest BCUT2D eigenvalue weighted by atomic mass is 10.0. The lowest BCUT2D eigenvalue weighted by molar-refractivity contribution is -0.137. The van der Waals surface area contributed by atoms with E-state index in [0.29, 0.717) is 17.2 Å². The predicted octanol–water partition coefficient (Wildman–Crippen LogP) is 3.38. The van der Waals surface area contributed by atoms with Crippen molar-refractivity contribution in [3.8, 4) is 0 Å². The molecule has 1 rings (SSSR count). The summed E-state index contributed by atoms with van der Waals surface area (Å²) in [7, 11) is 0. The molecule has 15 heavy (non-hydrogen) atoms. The van der Waals surface area contributed by atoms with Crippen LogP contribution in [0.15, 0.2) is 24.3 Å². The van der Waals surface area contributed by atoms with Crippen LogP contribution in [0.25, 0.3) is 0 Å². The van der Waals surface area contributed by atoms with Crippen molar-refractivity contribution < 1.29 is 18.0 Å². The third kappa shape index (κ3) is 3.06. The molecule has 0 aliphatic rings. The van der Waals surface area contributed by atoms with E-state index >= 15 is 0 Å². The van der Waals surface area contributed by atoms with Crippen LogP contribution in [0.4, 0.5) is 13.2 Å². The van der Waals surface area contributed by atoms with Crippen LogP contribution in [0, 0.1) is 0 Å². The largest absolute Gasteiger partial charge is 0.416 e. The van der Waals surface area contributed by atoms with Crippen LogP contribution in [0.3, 0.4) is 0 Å². The van der Waals surface area contributed by atoms with Gasteiger partial charge in [-0.05, 0) is 11.6 Å². The van der Waals surface area contributed by atoms with E-state index in [1.54, 1.807) is 0 Å². The molecule has 1 aromatic rings. The number of carbonyl (C=O) groups excluding carboxylic acids is 1. The average Bonchev–Trinajstić information content (AvgIpc) is 2.19. The first-order chi connectivity index (χ1) is 6.99. The predicted molar refractivity (Wildman–Crippen MR) is 54.0 cm³/mol. The van der Waals surface area contributed by atoms with Crippen LogP contribution < -0.4 is 0 Å². The summed E-state index contributed by atoms with van der Waals surface area (Å²) in [5.41, 5.74) is -0.357. The zero-order chi connectivity index (χ0) is 11.5. The summed E-state index contributed by atoms with van der Waals surface area (Å²) in [4.78, 5) is 10.6. The van der Waals surface area contributed by atoms with E-state index in [1.165, 1.54) is 12.1 Å². The van der Waals surface area contributed by atoms with Crippen molar-refractivity contribution in [3.05, 3.63) is 35.4 Å². The van der Waals surface area contributed by atoms with Gasteiger partial charge < -0.3 is 4.79 Å². The van der Waals surface area contributed by atoms with Crippen molar-refractivity contribution in [2.75, 3.05) is 5.33 Å². The number of halogens is 4. The van der Waals surface area contributed by atoms with Crippen molar-refractivity contribution >= 4 is 22.2 Å². The lowest BCUT2D eigenvalue weighted by Gasteiger charge is -2.11. The molecule has 1 aromatic carbocycles. The van der Waals surface area contributed by atoms with Gasteiger partial charge in [-0.2, -0.15) is 13.2 Å². The maximum absolute atomic E-state index is 12.3. The molecular weight excluding hydrogens is 273 g/mol. The minimum Gasteiger partial charge on any atom is -0.303 e. The Morgan fingerprint density at radius 3 is 2.53 bits per heavy atom. The number of hydrogen-bond donors (Lipinski definition) is 0. The molecule has 0 amide bonds. The molecule has 0 aromatic heterocycles. The smallest absolute Gasteiger partial charge is 0.303 e. The Balaban J connectivity index is 3.07. The fourth-order valence-corrected chi connectivity index (χ4v) is 1.68. The molecule has 1 unspecified atom stereocenters. The monoisotopic (exact) mass is 280 g/mol. The zero-order valence-electron chi connectivity index (χ0n) is 7.59. The first kappa shape index (κ1) is 12.2. The van der Waals surface area contributed by atoms with Gasteiger partial charge in [-0.1, -0.05) is 34.1 Å². The number of aldehydes is 1. The number of alkyl halides is 4. The van der Waals surface area contributed by atoms with E-state index in [1.807, 2.05) is 0 Å². The van der Waals surface area contributed by atoms with Crippen LogP contribution in [0.2, 0.25) is 0 Å². The van der Waals surface area contributed by atoms with Crippen molar-refractivity contribution in [1.82, 2.24) is 0 Å². The lowest BCUT2D eigenvalue weighted by Crippen LogP contribution is -2.08. The Labute approximate surface area is 93.4 Å². The molecule has 0 heterocycles. The summed E-state index contributed by atoms with van der Waals surface area (Å²) >= 11 is 3.08. The summed E-state index contributed by atoms with van der Waals surface area (Å²) in [5.74, 6) is -0.535. The Kier molecular flexibility index (Phi) is 3.90. The quantitative estimate of drug-likeness (QED) is 0.613. The van der Waals surface area contributed by atoms with Crippen LogP contribution in [0.1, 0.15) is 17.0 Å². The zero-order valence-corrected chi connectivity index (χ0v) is 9.18. The minimum absolute atomic E-state index is 0.317. The highest BCUT2D eigenvalue weighted by Gasteiger charge is 2.30. The van der Waals surface area contributed by atoms with Gasteiger partial charge in [0, 0.05) is 11.2 Å². The fourth-order valence-electron chi connectivity index (χ4n) is 1.15. The summed E-state index contributed by atoms with van der Waals surface area (Å²) in [6, 6.07) is 4.80. The van der Waals surface area contributed by atoms with Crippen LogP contribution in [0.5, 0.6) is 0 Å². The van der Waals surface area contributed by atoms with Gasteiger partial charge in [0.05, 0.1) is 5.56 Å². The third-order valence-electron chi connectivity index (χ3n) is 1.97. The Hall–Kier alpha value is -0.840. The normalized spacial score (nSPS) is 13.6. The fraction of sp³-hybridized carbons (Fsp3) is 0.300. The molecule has 0 bridgehead atoms. The molecule has 1 nitrogen and oxygen atoms in total. The maximum atomic E-state index is 12.3.